The molecule has 144 valence electrons. The van der Waals surface area contributed by atoms with E-state index in [0.29, 0.717) is 6.54 Å². The molecule has 0 saturated heterocycles. The summed E-state index contributed by atoms with van der Waals surface area (Å²) in [5, 5.41) is 15.9. The highest BCUT2D eigenvalue weighted by atomic mass is 35.5. The lowest BCUT2D eigenvalue weighted by Crippen LogP contribution is -2.33. The van der Waals surface area contributed by atoms with E-state index in [4.69, 9.17) is 4.74 Å². The zero-order valence-corrected chi connectivity index (χ0v) is 16.7. The summed E-state index contributed by atoms with van der Waals surface area (Å²) < 4.78 is 5.75. The van der Waals surface area contributed by atoms with Gasteiger partial charge in [0.15, 0.2) is 0 Å². The summed E-state index contributed by atoms with van der Waals surface area (Å²) >= 11 is 0. The number of aliphatic hydroxyl groups excluding tert-OH is 1. The Morgan fingerprint density at radius 1 is 0.963 bits per heavy atom. The molecule has 2 atom stereocenters. The smallest absolute Gasteiger partial charge is 0.120 e. The van der Waals surface area contributed by atoms with Gasteiger partial charge in [-0.15, -0.1) is 12.4 Å². The molecule has 3 nitrogen and oxygen atoms in total. The normalized spacial score (nSPS) is 13.0. The van der Waals surface area contributed by atoms with Crippen molar-refractivity contribution < 1.29 is 9.84 Å². The number of aliphatic hydroxyl groups is 1. The van der Waals surface area contributed by atoms with Gasteiger partial charge in [-0.3, -0.25) is 0 Å². The fraction of sp³-hybridized carbons (Fsp3) is 0.304. The SMILES string of the molecule is CCc1ccc(C(C)NCC(O)COc2ccc3ccccc3c2)cc1.Cl. The maximum absolute atomic E-state index is 10.2. The standard InChI is InChI=1S/C23H27NO2.ClH/c1-3-18-8-10-19(11-9-18)17(2)24-15-22(25)16-26-23-13-12-20-6-4-5-7-21(20)14-23;/h4-14,17,22,24-25H,3,15-16H2,1-2H3;1H. The number of rotatable bonds is 8. The van der Waals surface area contributed by atoms with Gasteiger partial charge in [0.25, 0.3) is 0 Å². The predicted molar refractivity (Wildman–Crippen MR) is 115 cm³/mol. The van der Waals surface area contributed by atoms with Gasteiger partial charge in [0.05, 0.1) is 0 Å². The zero-order valence-electron chi connectivity index (χ0n) is 15.9. The van der Waals surface area contributed by atoms with Crippen LogP contribution in [0.3, 0.4) is 0 Å². The van der Waals surface area contributed by atoms with Crippen molar-refractivity contribution in [2.75, 3.05) is 13.2 Å². The lowest BCUT2D eigenvalue weighted by atomic mass is 10.0. The van der Waals surface area contributed by atoms with E-state index in [1.807, 2.05) is 30.3 Å². The van der Waals surface area contributed by atoms with Gasteiger partial charge < -0.3 is 15.2 Å². The Kier molecular flexibility index (Phi) is 8.11. The number of hydrogen-bond acceptors (Lipinski definition) is 3. The summed E-state index contributed by atoms with van der Waals surface area (Å²) in [4.78, 5) is 0. The summed E-state index contributed by atoms with van der Waals surface area (Å²) in [5.41, 5.74) is 2.56. The summed E-state index contributed by atoms with van der Waals surface area (Å²) in [5.74, 6) is 0.783. The van der Waals surface area contributed by atoms with Crippen LogP contribution in [0.4, 0.5) is 0 Å². The summed E-state index contributed by atoms with van der Waals surface area (Å²) in [6.45, 7) is 5.03. The van der Waals surface area contributed by atoms with Crippen LogP contribution in [0.15, 0.2) is 66.7 Å². The molecule has 0 fully saturated rings. The molecule has 27 heavy (non-hydrogen) atoms. The van der Waals surface area contributed by atoms with Gasteiger partial charge in [-0.1, -0.05) is 61.5 Å². The molecule has 0 aliphatic rings. The lowest BCUT2D eigenvalue weighted by Gasteiger charge is -2.18. The average molecular weight is 386 g/mol. The van der Waals surface area contributed by atoms with Crippen molar-refractivity contribution >= 4 is 23.2 Å². The highest BCUT2D eigenvalue weighted by molar-refractivity contribution is 5.85. The predicted octanol–water partition coefficient (Wildman–Crippen LogP) is 4.91. The first kappa shape index (κ1) is 21.2. The Hall–Kier alpha value is -2.07. The number of halogens is 1. The number of nitrogens with one attached hydrogen (secondary N) is 1. The summed E-state index contributed by atoms with van der Waals surface area (Å²) in [7, 11) is 0. The van der Waals surface area contributed by atoms with Gasteiger partial charge >= 0.3 is 0 Å². The van der Waals surface area contributed by atoms with Gasteiger partial charge in [-0.25, -0.2) is 0 Å². The molecule has 0 heterocycles. The molecule has 3 rings (SSSR count). The maximum atomic E-state index is 10.2. The minimum atomic E-state index is -0.557. The van der Waals surface area contributed by atoms with Crippen molar-refractivity contribution in [3.8, 4) is 5.75 Å². The van der Waals surface area contributed by atoms with E-state index in [1.54, 1.807) is 0 Å². The molecule has 0 spiro atoms. The van der Waals surface area contributed by atoms with Crippen molar-refractivity contribution in [1.29, 1.82) is 0 Å². The van der Waals surface area contributed by atoms with Gasteiger partial charge in [0, 0.05) is 12.6 Å². The molecular formula is C23H28ClNO2. The third kappa shape index (κ3) is 5.96. The average Bonchev–Trinajstić information content (AvgIpc) is 2.70. The fourth-order valence-corrected chi connectivity index (χ4v) is 2.98. The quantitative estimate of drug-likeness (QED) is 0.578. The molecule has 0 aliphatic carbocycles. The monoisotopic (exact) mass is 385 g/mol. The molecule has 0 aliphatic heterocycles. The van der Waals surface area contributed by atoms with Crippen LogP contribution in [0.25, 0.3) is 10.8 Å². The number of benzene rings is 3. The first-order valence-electron chi connectivity index (χ1n) is 9.27. The largest absolute Gasteiger partial charge is 0.491 e. The Labute approximate surface area is 167 Å². The first-order chi connectivity index (χ1) is 12.7. The van der Waals surface area contributed by atoms with Crippen LogP contribution < -0.4 is 10.1 Å². The first-order valence-corrected chi connectivity index (χ1v) is 9.27. The van der Waals surface area contributed by atoms with Gasteiger partial charge in [-0.2, -0.15) is 0 Å². The molecule has 3 aromatic carbocycles. The molecule has 0 bridgehead atoms. The number of ether oxygens (including phenoxy) is 1. The Morgan fingerprint density at radius 3 is 2.37 bits per heavy atom. The second-order valence-corrected chi connectivity index (χ2v) is 6.70. The van der Waals surface area contributed by atoms with Crippen LogP contribution in [-0.4, -0.2) is 24.4 Å². The molecule has 0 amide bonds. The second kappa shape index (κ2) is 10.3. The highest BCUT2D eigenvalue weighted by Gasteiger charge is 2.10. The van der Waals surface area contributed by atoms with Crippen molar-refractivity contribution in [2.24, 2.45) is 0 Å². The minimum absolute atomic E-state index is 0. The molecule has 0 aromatic heterocycles. The lowest BCUT2D eigenvalue weighted by molar-refractivity contribution is 0.104. The van der Waals surface area contributed by atoms with Crippen molar-refractivity contribution in [3.05, 3.63) is 77.9 Å². The third-order valence-electron chi connectivity index (χ3n) is 4.71. The Bertz CT molecular complexity index is 835. The van der Waals surface area contributed by atoms with E-state index in [1.165, 1.54) is 16.5 Å². The Balaban J connectivity index is 0.00000261. The second-order valence-electron chi connectivity index (χ2n) is 6.70. The van der Waals surface area contributed by atoms with E-state index in [9.17, 15) is 5.11 Å². The van der Waals surface area contributed by atoms with E-state index in [0.717, 1.165) is 17.6 Å². The summed E-state index contributed by atoms with van der Waals surface area (Å²) in [6, 6.07) is 23.0. The fourth-order valence-electron chi connectivity index (χ4n) is 2.98. The molecular weight excluding hydrogens is 358 g/mol. The van der Waals surface area contributed by atoms with Crippen molar-refractivity contribution in [1.82, 2.24) is 5.32 Å². The van der Waals surface area contributed by atoms with Crippen molar-refractivity contribution in [3.63, 3.8) is 0 Å². The number of fused-ring (bicyclic) bond motifs is 1. The van der Waals surface area contributed by atoms with Gasteiger partial charge in [0.2, 0.25) is 0 Å². The molecule has 3 aromatic rings. The molecule has 0 radical (unpaired) electrons. The van der Waals surface area contributed by atoms with Gasteiger partial charge in [0.1, 0.15) is 18.5 Å². The van der Waals surface area contributed by atoms with Gasteiger partial charge in [-0.05, 0) is 47.4 Å². The highest BCUT2D eigenvalue weighted by Crippen LogP contribution is 2.20. The van der Waals surface area contributed by atoms with E-state index in [-0.39, 0.29) is 25.1 Å². The topological polar surface area (TPSA) is 41.5 Å². The summed E-state index contributed by atoms with van der Waals surface area (Å²) in [6.07, 6.45) is 0.492. The molecule has 2 unspecified atom stereocenters. The van der Waals surface area contributed by atoms with E-state index < -0.39 is 6.10 Å². The Morgan fingerprint density at radius 2 is 1.67 bits per heavy atom. The maximum Gasteiger partial charge on any atom is 0.120 e. The van der Waals surface area contributed by atoms with E-state index in [2.05, 4.69) is 55.6 Å². The number of hydrogen-bond donors (Lipinski definition) is 2. The van der Waals surface area contributed by atoms with Crippen molar-refractivity contribution in [2.45, 2.75) is 32.4 Å². The van der Waals surface area contributed by atoms with E-state index >= 15 is 0 Å². The zero-order chi connectivity index (χ0) is 18.4. The van der Waals surface area contributed by atoms with Crippen LogP contribution in [0.2, 0.25) is 0 Å². The van der Waals surface area contributed by atoms with Crippen LogP contribution in [0.1, 0.15) is 31.0 Å². The van der Waals surface area contributed by atoms with Crippen LogP contribution >= 0.6 is 12.4 Å². The van der Waals surface area contributed by atoms with Crippen LogP contribution in [0.5, 0.6) is 5.75 Å². The van der Waals surface area contributed by atoms with Crippen LogP contribution in [0, 0.1) is 0 Å². The molecule has 2 N–H and O–H groups in total. The molecule has 4 heteroatoms. The third-order valence-corrected chi connectivity index (χ3v) is 4.71. The molecule has 0 saturated carbocycles. The number of aryl methyl sites for hydroxylation is 1. The van der Waals surface area contributed by atoms with Crippen LogP contribution in [-0.2, 0) is 6.42 Å². The minimum Gasteiger partial charge on any atom is -0.491 e.